The number of aromatic nitrogens is 3. The van der Waals surface area contributed by atoms with Crippen molar-refractivity contribution in [3.05, 3.63) is 91.6 Å². The van der Waals surface area contributed by atoms with Gasteiger partial charge in [-0.25, -0.2) is 4.68 Å². The molecule has 7 nitrogen and oxygen atoms in total. The first kappa shape index (κ1) is 20.0. The standard InChI is InChI=1S/C22H20ClN3O4/c1-25-19(13-30-12-14-7-9-15(29-2)10-8-14)21-17(11-20(25)27)24-26(22(21)28)18-6-4-3-5-16(18)23/h3-11,24H,12-13H2,1-2H3. The van der Waals surface area contributed by atoms with Gasteiger partial charge in [-0.3, -0.25) is 14.7 Å². The molecule has 0 spiro atoms. The zero-order valence-corrected chi connectivity index (χ0v) is 17.3. The number of hydrogen-bond donors (Lipinski definition) is 1. The largest absolute Gasteiger partial charge is 0.497 e. The third-order valence-electron chi connectivity index (χ3n) is 4.97. The van der Waals surface area contributed by atoms with E-state index in [4.69, 9.17) is 21.1 Å². The highest BCUT2D eigenvalue weighted by Crippen LogP contribution is 2.21. The number of aromatic amines is 1. The Morgan fingerprint density at radius 1 is 1.03 bits per heavy atom. The lowest BCUT2D eigenvalue weighted by atomic mass is 10.2. The van der Waals surface area contributed by atoms with Crippen LogP contribution in [-0.4, -0.2) is 21.5 Å². The molecule has 4 rings (SSSR count). The molecule has 0 unspecified atom stereocenters. The third-order valence-corrected chi connectivity index (χ3v) is 5.29. The lowest BCUT2D eigenvalue weighted by molar-refractivity contribution is 0.103. The molecule has 0 aliphatic heterocycles. The number of methoxy groups -OCH3 is 1. The fourth-order valence-corrected chi connectivity index (χ4v) is 3.54. The van der Waals surface area contributed by atoms with Crippen molar-refractivity contribution in [1.82, 2.24) is 14.3 Å². The Balaban J connectivity index is 1.70. The van der Waals surface area contributed by atoms with E-state index < -0.39 is 0 Å². The first-order valence-electron chi connectivity index (χ1n) is 9.29. The first-order valence-corrected chi connectivity index (χ1v) is 9.66. The number of ether oxygens (including phenoxy) is 2. The first-order chi connectivity index (χ1) is 14.5. The van der Waals surface area contributed by atoms with Crippen molar-refractivity contribution in [1.29, 1.82) is 0 Å². The second-order valence-corrected chi connectivity index (χ2v) is 7.23. The second kappa shape index (κ2) is 8.22. The number of halogens is 1. The van der Waals surface area contributed by atoms with Gasteiger partial charge in [0.2, 0.25) is 0 Å². The van der Waals surface area contributed by atoms with Gasteiger partial charge in [0.25, 0.3) is 11.1 Å². The molecule has 1 N–H and O–H groups in total. The SMILES string of the molecule is COc1ccc(COCc2c3c(=O)n(-c4ccccc4Cl)[nH]c3cc(=O)n2C)cc1. The molecule has 0 aliphatic carbocycles. The van der Waals surface area contributed by atoms with Gasteiger partial charge in [0.15, 0.2) is 0 Å². The van der Waals surface area contributed by atoms with E-state index in [-0.39, 0.29) is 17.7 Å². The van der Waals surface area contributed by atoms with Crippen molar-refractivity contribution in [2.45, 2.75) is 13.2 Å². The van der Waals surface area contributed by atoms with E-state index in [0.717, 1.165) is 11.3 Å². The van der Waals surface area contributed by atoms with Crippen LogP contribution in [0.4, 0.5) is 0 Å². The van der Waals surface area contributed by atoms with Crippen LogP contribution in [0.1, 0.15) is 11.3 Å². The summed E-state index contributed by atoms with van der Waals surface area (Å²) < 4.78 is 13.8. The van der Waals surface area contributed by atoms with Crippen molar-refractivity contribution in [2.75, 3.05) is 7.11 Å². The maximum absolute atomic E-state index is 13.2. The number of rotatable bonds is 6. The Morgan fingerprint density at radius 2 is 1.77 bits per heavy atom. The smallest absolute Gasteiger partial charge is 0.281 e. The van der Waals surface area contributed by atoms with Gasteiger partial charge in [-0.15, -0.1) is 0 Å². The van der Waals surface area contributed by atoms with Gasteiger partial charge in [-0.05, 0) is 29.8 Å². The van der Waals surface area contributed by atoms with Crippen LogP contribution < -0.4 is 15.9 Å². The maximum atomic E-state index is 13.2. The molecule has 0 atom stereocenters. The zero-order valence-electron chi connectivity index (χ0n) is 16.5. The van der Waals surface area contributed by atoms with E-state index in [1.807, 2.05) is 24.3 Å². The molecular weight excluding hydrogens is 406 g/mol. The van der Waals surface area contributed by atoms with Crippen LogP contribution >= 0.6 is 11.6 Å². The van der Waals surface area contributed by atoms with E-state index in [9.17, 15) is 9.59 Å². The molecule has 154 valence electrons. The van der Waals surface area contributed by atoms with E-state index in [1.54, 1.807) is 38.4 Å². The number of nitrogens with one attached hydrogen (secondary N) is 1. The Labute approximate surface area is 177 Å². The zero-order chi connectivity index (χ0) is 21.3. The third kappa shape index (κ3) is 3.65. The average molecular weight is 426 g/mol. The second-order valence-electron chi connectivity index (χ2n) is 6.82. The highest BCUT2D eigenvalue weighted by Gasteiger charge is 2.17. The summed E-state index contributed by atoms with van der Waals surface area (Å²) in [6.45, 7) is 0.433. The van der Waals surface area contributed by atoms with Crippen LogP contribution in [0.2, 0.25) is 5.02 Å². The minimum atomic E-state index is -0.295. The predicted molar refractivity (Wildman–Crippen MR) is 116 cm³/mol. The molecule has 4 aromatic rings. The number of para-hydroxylation sites is 1. The Kier molecular flexibility index (Phi) is 5.48. The summed E-state index contributed by atoms with van der Waals surface area (Å²) in [5, 5.41) is 3.81. The molecule has 0 radical (unpaired) electrons. The molecule has 2 heterocycles. The number of pyridine rings is 1. The lowest BCUT2D eigenvalue weighted by Gasteiger charge is -2.10. The van der Waals surface area contributed by atoms with Crippen molar-refractivity contribution in [3.63, 3.8) is 0 Å². The van der Waals surface area contributed by atoms with Gasteiger partial charge in [0.1, 0.15) is 5.75 Å². The molecule has 0 fully saturated rings. The maximum Gasteiger partial charge on any atom is 0.281 e. The molecule has 0 saturated carbocycles. The molecule has 2 aromatic heterocycles. The molecule has 0 bridgehead atoms. The van der Waals surface area contributed by atoms with Crippen LogP contribution in [0, 0.1) is 0 Å². The fraction of sp³-hybridized carbons (Fsp3) is 0.182. The minimum absolute atomic E-state index is 0.102. The Morgan fingerprint density at radius 3 is 2.47 bits per heavy atom. The highest BCUT2D eigenvalue weighted by atomic mass is 35.5. The van der Waals surface area contributed by atoms with Crippen LogP contribution in [0.15, 0.2) is 64.2 Å². The number of nitrogens with zero attached hydrogens (tertiary/aromatic N) is 2. The van der Waals surface area contributed by atoms with Crippen molar-refractivity contribution in [3.8, 4) is 11.4 Å². The molecule has 0 saturated heterocycles. The predicted octanol–water partition coefficient (Wildman–Crippen LogP) is 3.40. The van der Waals surface area contributed by atoms with Crippen LogP contribution in [0.5, 0.6) is 5.75 Å². The van der Waals surface area contributed by atoms with E-state index >= 15 is 0 Å². The topological polar surface area (TPSA) is 78.2 Å². The average Bonchev–Trinajstić information content (AvgIpc) is 3.07. The van der Waals surface area contributed by atoms with Gasteiger partial charge in [0, 0.05) is 13.1 Å². The van der Waals surface area contributed by atoms with Crippen LogP contribution in [0.25, 0.3) is 16.6 Å². The van der Waals surface area contributed by atoms with Gasteiger partial charge in [0.05, 0.1) is 47.6 Å². The number of hydrogen-bond acceptors (Lipinski definition) is 4. The lowest BCUT2D eigenvalue weighted by Crippen LogP contribution is -2.22. The van der Waals surface area contributed by atoms with Crippen molar-refractivity contribution in [2.24, 2.45) is 7.05 Å². The molecule has 0 aliphatic rings. The Bertz CT molecular complexity index is 1320. The summed E-state index contributed by atoms with van der Waals surface area (Å²) in [7, 11) is 3.24. The van der Waals surface area contributed by atoms with Gasteiger partial charge in [-0.1, -0.05) is 35.9 Å². The molecule has 2 aromatic carbocycles. The van der Waals surface area contributed by atoms with Gasteiger partial charge in [-0.2, -0.15) is 0 Å². The van der Waals surface area contributed by atoms with E-state index in [2.05, 4.69) is 5.10 Å². The number of benzene rings is 2. The highest BCUT2D eigenvalue weighted by molar-refractivity contribution is 6.32. The number of fused-ring (bicyclic) bond motifs is 1. The summed E-state index contributed by atoms with van der Waals surface area (Å²) in [5.74, 6) is 0.762. The van der Waals surface area contributed by atoms with E-state index in [1.165, 1.54) is 15.3 Å². The summed E-state index contributed by atoms with van der Waals surface area (Å²) in [5.41, 5.74) is 1.87. The van der Waals surface area contributed by atoms with Crippen LogP contribution in [0.3, 0.4) is 0 Å². The van der Waals surface area contributed by atoms with Crippen LogP contribution in [-0.2, 0) is 25.0 Å². The van der Waals surface area contributed by atoms with Gasteiger partial charge < -0.3 is 14.0 Å². The van der Waals surface area contributed by atoms with E-state index in [0.29, 0.717) is 33.9 Å². The summed E-state index contributed by atoms with van der Waals surface area (Å²) in [4.78, 5) is 25.6. The normalized spacial score (nSPS) is 11.2. The monoisotopic (exact) mass is 425 g/mol. The Hall–Kier alpha value is -3.29. The fourth-order valence-electron chi connectivity index (χ4n) is 3.32. The quantitative estimate of drug-likeness (QED) is 0.513. The minimum Gasteiger partial charge on any atom is -0.497 e. The molecule has 0 amide bonds. The van der Waals surface area contributed by atoms with Crippen molar-refractivity contribution >= 4 is 22.5 Å². The summed E-state index contributed by atoms with van der Waals surface area (Å²) in [6.07, 6.45) is 0. The summed E-state index contributed by atoms with van der Waals surface area (Å²) >= 11 is 6.25. The molecule has 30 heavy (non-hydrogen) atoms. The number of H-pyrrole nitrogens is 1. The van der Waals surface area contributed by atoms with Gasteiger partial charge >= 0.3 is 0 Å². The molecule has 8 heteroatoms. The summed E-state index contributed by atoms with van der Waals surface area (Å²) in [6, 6.07) is 15.9. The molecular formula is C22H20ClN3O4. The van der Waals surface area contributed by atoms with Crippen molar-refractivity contribution < 1.29 is 9.47 Å².